The summed E-state index contributed by atoms with van der Waals surface area (Å²) >= 11 is 0. The Hall–Kier alpha value is -3.49. The molecule has 8 heteroatoms. The average Bonchev–Trinajstić information content (AvgIpc) is 2.96. The topological polar surface area (TPSA) is 74.8 Å². The number of urea groups is 1. The highest BCUT2D eigenvalue weighted by Gasteiger charge is 2.50. The lowest BCUT2D eigenvalue weighted by atomic mass is 9.94. The molecule has 0 aliphatic carbocycles. The number of rotatable bonds is 8. The number of anilines is 2. The van der Waals surface area contributed by atoms with Crippen LogP contribution in [0.4, 0.5) is 16.3 Å². The van der Waals surface area contributed by atoms with Gasteiger partial charge in [-0.3, -0.25) is 15.0 Å². The van der Waals surface area contributed by atoms with Gasteiger partial charge in [-0.05, 0) is 59.6 Å². The molecule has 2 saturated heterocycles. The van der Waals surface area contributed by atoms with Crippen LogP contribution >= 0.6 is 0 Å². The summed E-state index contributed by atoms with van der Waals surface area (Å²) in [5, 5.41) is 5.03. The van der Waals surface area contributed by atoms with Crippen LogP contribution < -0.4 is 25.5 Å². The number of carbonyl (C=O) groups is 2. The highest BCUT2D eigenvalue weighted by Crippen LogP contribution is 2.37. The second-order valence-electron chi connectivity index (χ2n) is 12.3. The van der Waals surface area contributed by atoms with Crippen LogP contribution in [0.2, 0.25) is 5.04 Å². The minimum Gasteiger partial charge on any atom is -0.407 e. The molecule has 216 valence electrons. The van der Waals surface area contributed by atoms with Crippen LogP contribution in [0, 0.1) is 12.8 Å². The summed E-state index contributed by atoms with van der Waals surface area (Å²) < 4.78 is 7.14. The lowest BCUT2D eigenvalue weighted by Gasteiger charge is -2.43. The van der Waals surface area contributed by atoms with E-state index in [1.807, 2.05) is 19.1 Å². The fraction of sp³-hybridized carbons (Fsp3) is 0.424. The van der Waals surface area contributed by atoms with Crippen molar-refractivity contribution in [2.24, 2.45) is 5.92 Å². The van der Waals surface area contributed by atoms with Crippen molar-refractivity contribution in [3.8, 4) is 0 Å². The number of hydrogen-bond acceptors (Lipinski definition) is 5. The highest BCUT2D eigenvalue weighted by atomic mass is 28.4. The predicted molar refractivity (Wildman–Crippen MR) is 168 cm³/mol. The van der Waals surface area contributed by atoms with E-state index in [9.17, 15) is 9.59 Å². The fourth-order valence-electron chi connectivity index (χ4n) is 6.39. The first-order chi connectivity index (χ1) is 19.7. The normalized spacial score (nSPS) is 17.1. The summed E-state index contributed by atoms with van der Waals surface area (Å²) in [7, 11) is -2.51. The molecule has 41 heavy (non-hydrogen) atoms. The minimum absolute atomic E-state index is 0.0147. The smallest absolute Gasteiger partial charge is 0.328 e. The van der Waals surface area contributed by atoms with Crippen LogP contribution in [0.25, 0.3) is 0 Å². The van der Waals surface area contributed by atoms with Gasteiger partial charge in [0.15, 0.2) is 0 Å². The van der Waals surface area contributed by atoms with Gasteiger partial charge in [-0.15, -0.1) is 0 Å². The van der Waals surface area contributed by atoms with Gasteiger partial charge >= 0.3 is 6.03 Å². The van der Waals surface area contributed by atoms with Crippen LogP contribution in [0.5, 0.6) is 0 Å². The summed E-state index contributed by atoms with van der Waals surface area (Å²) in [6.07, 6.45) is 3.55. The molecule has 2 aliphatic heterocycles. The molecule has 2 fully saturated rings. The fourth-order valence-corrected chi connectivity index (χ4v) is 11.0. The molecule has 0 radical (unpaired) electrons. The molecule has 3 heterocycles. The lowest BCUT2D eigenvalue weighted by molar-refractivity contribution is -0.120. The molecule has 0 unspecified atom stereocenters. The highest BCUT2D eigenvalue weighted by molar-refractivity contribution is 6.99. The Kier molecular flexibility index (Phi) is 8.61. The molecule has 1 N–H and O–H groups in total. The molecular weight excluding hydrogens is 528 g/mol. The summed E-state index contributed by atoms with van der Waals surface area (Å²) in [5.74, 6) is 1.33. The number of benzene rings is 2. The zero-order valence-electron chi connectivity index (χ0n) is 24.7. The van der Waals surface area contributed by atoms with Crippen molar-refractivity contribution >= 4 is 42.1 Å². The molecular formula is C33H42N4O3Si. The molecule has 0 saturated carbocycles. The number of piperidine rings is 1. The summed E-state index contributed by atoms with van der Waals surface area (Å²) in [6, 6.07) is 25.3. The lowest BCUT2D eigenvalue weighted by Crippen LogP contribution is -2.66. The standard InChI is InChI=1S/C33H42N4O3Si/c1-25-29(37-23-19-31(38)35-32(37)39)15-16-30(34-25)36-21-17-26(18-22-36)20-24-40-41(33(2,3)4,27-11-7-5-8-12-27)28-13-9-6-10-14-28/h5-16,26H,17-24H2,1-4H3,(H,35,38,39). The van der Waals surface area contributed by atoms with E-state index in [1.54, 1.807) is 4.90 Å². The third-order valence-electron chi connectivity index (χ3n) is 8.59. The van der Waals surface area contributed by atoms with E-state index >= 15 is 0 Å². The van der Waals surface area contributed by atoms with E-state index in [0.29, 0.717) is 18.9 Å². The van der Waals surface area contributed by atoms with Gasteiger partial charge in [0.25, 0.3) is 8.32 Å². The zero-order chi connectivity index (χ0) is 29.0. The number of amides is 3. The largest absolute Gasteiger partial charge is 0.407 e. The zero-order valence-corrected chi connectivity index (χ0v) is 25.7. The number of pyridine rings is 1. The number of imide groups is 1. The maximum absolute atomic E-state index is 12.3. The van der Waals surface area contributed by atoms with E-state index in [-0.39, 0.29) is 17.0 Å². The van der Waals surface area contributed by atoms with Gasteiger partial charge in [0.05, 0.1) is 11.4 Å². The van der Waals surface area contributed by atoms with E-state index in [0.717, 1.165) is 56.2 Å². The molecule has 2 aliphatic rings. The first kappa shape index (κ1) is 29.0. The molecule has 0 atom stereocenters. The Morgan fingerprint density at radius 1 is 0.902 bits per heavy atom. The summed E-state index contributed by atoms with van der Waals surface area (Å²) in [5.41, 5.74) is 1.56. The molecule has 5 rings (SSSR count). The number of aryl methyl sites for hydroxylation is 1. The van der Waals surface area contributed by atoms with Gasteiger partial charge in [0.2, 0.25) is 5.91 Å². The maximum Gasteiger partial charge on any atom is 0.328 e. The second kappa shape index (κ2) is 12.2. The molecule has 2 aromatic carbocycles. The predicted octanol–water partition coefficient (Wildman–Crippen LogP) is 5.02. The number of nitrogens with zero attached hydrogens (tertiary/aromatic N) is 3. The van der Waals surface area contributed by atoms with Gasteiger partial charge in [0.1, 0.15) is 5.82 Å². The van der Waals surface area contributed by atoms with Gasteiger partial charge in [-0.1, -0.05) is 81.4 Å². The third-order valence-corrected chi connectivity index (χ3v) is 13.6. The number of hydrogen-bond donors (Lipinski definition) is 1. The first-order valence-corrected chi connectivity index (χ1v) is 16.7. The average molecular weight is 571 g/mol. The molecule has 3 aromatic rings. The van der Waals surface area contributed by atoms with Crippen LogP contribution in [0.1, 0.15) is 52.1 Å². The molecule has 3 amide bonds. The van der Waals surface area contributed by atoms with Crippen molar-refractivity contribution in [2.45, 2.75) is 58.4 Å². The molecule has 0 bridgehead atoms. The Balaban J connectivity index is 1.22. The van der Waals surface area contributed by atoms with E-state index < -0.39 is 8.32 Å². The van der Waals surface area contributed by atoms with Crippen molar-refractivity contribution in [1.82, 2.24) is 10.3 Å². The van der Waals surface area contributed by atoms with Crippen molar-refractivity contribution in [3.63, 3.8) is 0 Å². The van der Waals surface area contributed by atoms with Gasteiger partial charge in [-0.25, -0.2) is 9.78 Å². The Bertz CT molecular complexity index is 1310. The van der Waals surface area contributed by atoms with Crippen LogP contribution in [-0.4, -0.2) is 51.5 Å². The molecule has 7 nitrogen and oxygen atoms in total. The van der Waals surface area contributed by atoms with Crippen molar-refractivity contribution in [2.75, 3.05) is 36.0 Å². The summed E-state index contributed by atoms with van der Waals surface area (Å²) in [4.78, 5) is 32.6. The number of nitrogens with one attached hydrogen (secondary N) is 1. The van der Waals surface area contributed by atoms with Crippen molar-refractivity contribution in [1.29, 1.82) is 0 Å². The Labute approximate surface area is 245 Å². The van der Waals surface area contributed by atoms with Gasteiger partial charge in [-0.2, -0.15) is 0 Å². The second-order valence-corrected chi connectivity index (χ2v) is 16.6. The van der Waals surface area contributed by atoms with E-state index in [2.05, 4.69) is 91.7 Å². The third kappa shape index (κ3) is 6.09. The monoisotopic (exact) mass is 570 g/mol. The minimum atomic E-state index is -2.51. The quantitative estimate of drug-likeness (QED) is 0.385. The van der Waals surface area contributed by atoms with Crippen molar-refractivity contribution < 1.29 is 14.0 Å². The van der Waals surface area contributed by atoms with Gasteiger partial charge in [0, 0.05) is 32.7 Å². The van der Waals surface area contributed by atoms with E-state index in [1.165, 1.54) is 10.4 Å². The molecule has 0 spiro atoms. The number of carbonyl (C=O) groups excluding carboxylic acids is 2. The maximum atomic E-state index is 12.3. The first-order valence-electron chi connectivity index (χ1n) is 14.8. The SMILES string of the molecule is Cc1nc(N2CCC(CCO[Si](c3ccccc3)(c3ccccc3)C(C)(C)C)CC2)ccc1N1CCC(=O)NC1=O. The Morgan fingerprint density at radius 3 is 2.05 bits per heavy atom. The summed E-state index contributed by atoms with van der Waals surface area (Å²) in [6.45, 7) is 12.0. The van der Waals surface area contributed by atoms with Crippen molar-refractivity contribution in [3.05, 3.63) is 78.5 Å². The van der Waals surface area contributed by atoms with E-state index in [4.69, 9.17) is 9.41 Å². The Morgan fingerprint density at radius 2 is 1.51 bits per heavy atom. The van der Waals surface area contributed by atoms with Gasteiger partial charge < -0.3 is 9.33 Å². The van der Waals surface area contributed by atoms with Crippen LogP contribution in [0.3, 0.4) is 0 Å². The molecule has 1 aromatic heterocycles. The number of aromatic nitrogens is 1. The van der Waals surface area contributed by atoms with Crippen LogP contribution in [-0.2, 0) is 9.22 Å². The van der Waals surface area contributed by atoms with Crippen LogP contribution in [0.15, 0.2) is 72.8 Å².